The summed E-state index contributed by atoms with van der Waals surface area (Å²) < 4.78 is 27.2. The standard InChI is InChI=1S/C22H24O9.C2H8N2/c1-27-16-4-10(5-17(28-2)21(16)29-3)18-11-6-14-15(31-9-30-14)7-12(11)20(24)13(8-23)19(18)22(25)26;1-2-4-3/h4-7,13,18-20,23-24H,8-9H2,1-3H3,(H,25,26);4H,2-3H2,1H3/t13-,18+,19-,20-;/m0./s1. The molecule has 11 nitrogen and oxygen atoms in total. The summed E-state index contributed by atoms with van der Waals surface area (Å²) in [7, 11) is 4.43. The lowest BCUT2D eigenvalue weighted by molar-refractivity contribution is -0.148. The number of hydrazine groups is 1. The van der Waals surface area contributed by atoms with Crippen LogP contribution in [0.2, 0.25) is 0 Å². The first-order chi connectivity index (χ1) is 16.9. The zero-order valence-corrected chi connectivity index (χ0v) is 20.1. The van der Waals surface area contributed by atoms with Crippen molar-refractivity contribution in [1.82, 2.24) is 5.43 Å². The Morgan fingerprint density at radius 1 is 1.06 bits per heavy atom. The molecule has 0 bridgehead atoms. The van der Waals surface area contributed by atoms with E-state index in [1.54, 1.807) is 24.3 Å². The molecule has 1 aliphatic heterocycles. The Morgan fingerprint density at radius 2 is 1.60 bits per heavy atom. The molecule has 192 valence electrons. The molecule has 2 aromatic rings. The molecule has 0 fully saturated rings. The summed E-state index contributed by atoms with van der Waals surface area (Å²) in [6.07, 6.45) is -1.19. The van der Waals surface area contributed by atoms with Crippen molar-refractivity contribution in [1.29, 1.82) is 0 Å². The van der Waals surface area contributed by atoms with Crippen LogP contribution >= 0.6 is 0 Å². The van der Waals surface area contributed by atoms with Crippen LogP contribution in [0.15, 0.2) is 24.3 Å². The highest BCUT2D eigenvalue weighted by Gasteiger charge is 2.47. The van der Waals surface area contributed by atoms with Crippen molar-refractivity contribution in [3.05, 3.63) is 41.0 Å². The van der Waals surface area contributed by atoms with Crippen molar-refractivity contribution in [3.8, 4) is 28.7 Å². The van der Waals surface area contributed by atoms with Gasteiger partial charge < -0.3 is 39.0 Å². The van der Waals surface area contributed by atoms with Gasteiger partial charge in [-0.05, 0) is 41.0 Å². The van der Waals surface area contributed by atoms with Crippen LogP contribution in [-0.4, -0.2) is 62.6 Å². The van der Waals surface area contributed by atoms with Gasteiger partial charge in [-0.1, -0.05) is 6.92 Å². The van der Waals surface area contributed by atoms with E-state index in [1.807, 2.05) is 6.92 Å². The largest absolute Gasteiger partial charge is 0.493 e. The molecular weight excluding hydrogens is 460 g/mol. The van der Waals surface area contributed by atoms with E-state index in [9.17, 15) is 20.1 Å². The molecule has 0 radical (unpaired) electrons. The van der Waals surface area contributed by atoms with Gasteiger partial charge >= 0.3 is 5.97 Å². The number of rotatable bonds is 7. The number of aliphatic hydroxyl groups excluding tert-OH is 2. The van der Waals surface area contributed by atoms with Crippen molar-refractivity contribution in [2.75, 3.05) is 41.3 Å². The average Bonchev–Trinajstić information content (AvgIpc) is 3.34. The van der Waals surface area contributed by atoms with Crippen molar-refractivity contribution in [2.24, 2.45) is 17.7 Å². The van der Waals surface area contributed by atoms with Gasteiger partial charge in [-0.2, -0.15) is 0 Å². The van der Waals surface area contributed by atoms with Gasteiger partial charge in [0, 0.05) is 25.0 Å². The first-order valence-electron chi connectivity index (χ1n) is 11.0. The smallest absolute Gasteiger partial charge is 0.307 e. The number of aliphatic carboxylic acids is 1. The third-order valence-electron chi connectivity index (χ3n) is 6.20. The number of carbonyl (C=O) groups is 1. The number of nitrogens with one attached hydrogen (secondary N) is 1. The van der Waals surface area contributed by atoms with Gasteiger partial charge in [-0.25, -0.2) is 0 Å². The highest BCUT2D eigenvalue weighted by atomic mass is 16.7. The van der Waals surface area contributed by atoms with Crippen molar-refractivity contribution >= 4 is 5.97 Å². The molecule has 0 spiro atoms. The number of hydrogen-bond donors (Lipinski definition) is 5. The zero-order chi connectivity index (χ0) is 25.7. The SMILES string of the molecule is CCNN.COc1cc([C@@H]2c3cc4c(cc3[C@H](O)[C@@H](CO)[C@@H]2C(=O)O)OCO4)cc(OC)c1OC. The van der Waals surface area contributed by atoms with Crippen LogP contribution in [0.1, 0.15) is 35.6 Å². The molecule has 4 atom stereocenters. The van der Waals surface area contributed by atoms with Crippen LogP contribution in [0.25, 0.3) is 0 Å². The predicted octanol–water partition coefficient (Wildman–Crippen LogP) is 1.40. The maximum atomic E-state index is 12.4. The number of nitrogens with two attached hydrogens (primary N) is 1. The van der Waals surface area contributed by atoms with E-state index in [0.717, 1.165) is 6.54 Å². The van der Waals surface area contributed by atoms with Crippen molar-refractivity contribution < 1.29 is 43.8 Å². The summed E-state index contributed by atoms with van der Waals surface area (Å²) in [4.78, 5) is 12.4. The minimum Gasteiger partial charge on any atom is -0.493 e. The minimum atomic E-state index is -1.19. The number of hydrogen-bond acceptors (Lipinski definition) is 10. The Kier molecular flexibility index (Phi) is 8.62. The van der Waals surface area contributed by atoms with Crippen LogP contribution in [0.4, 0.5) is 0 Å². The maximum Gasteiger partial charge on any atom is 0.307 e. The summed E-state index contributed by atoms with van der Waals surface area (Å²) in [6, 6.07) is 6.71. The van der Waals surface area contributed by atoms with Gasteiger partial charge in [0.2, 0.25) is 12.5 Å². The Labute approximate surface area is 203 Å². The fraction of sp³-hybridized carbons (Fsp3) is 0.458. The Hall–Kier alpha value is -3.25. The zero-order valence-electron chi connectivity index (χ0n) is 20.1. The molecule has 35 heavy (non-hydrogen) atoms. The molecule has 11 heteroatoms. The topological polar surface area (TPSA) is 162 Å². The fourth-order valence-corrected chi connectivity index (χ4v) is 4.57. The predicted molar refractivity (Wildman–Crippen MR) is 125 cm³/mol. The van der Waals surface area contributed by atoms with Gasteiger partial charge in [0.05, 0.1) is 33.4 Å². The first-order valence-corrected chi connectivity index (χ1v) is 11.0. The Balaban J connectivity index is 0.000000795. The van der Waals surface area contributed by atoms with Crippen molar-refractivity contribution in [3.63, 3.8) is 0 Å². The molecule has 0 amide bonds. The van der Waals surface area contributed by atoms with Gasteiger partial charge in [-0.15, -0.1) is 0 Å². The van der Waals surface area contributed by atoms with Gasteiger partial charge in [0.1, 0.15) is 0 Å². The molecule has 1 heterocycles. The first kappa shape index (κ1) is 26.4. The molecular formula is C24H32N2O9. The van der Waals surface area contributed by atoms with E-state index in [4.69, 9.17) is 29.5 Å². The molecule has 2 aliphatic rings. The van der Waals surface area contributed by atoms with Crippen LogP contribution < -0.4 is 35.0 Å². The summed E-state index contributed by atoms with van der Waals surface area (Å²) in [6.45, 7) is 2.32. The molecule has 6 N–H and O–H groups in total. The molecule has 0 saturated carbocycles. The lowest BCUT2D eigenvalue weighted by Crippen LogP contribution is -2.40. The van der Waals surface area contributed by atoms with Crippen molar-refractivity contribution in [2.45, 2.75) is 18.9 Å². The Bertz CT molecular complexity index is 1020. The highest BCUT2D eigenvalue weighted by Crippen LogP contribution is 2.53. The second-order valence-corrected chi connectivity index (χ2v) is 7.98. The van der Waals surface area contributed by atoms with E-state index in [1.165, 1.54) is 21.3 Å². The second-order valence-electron chi connectivity index (χ2n) is 7.98. The van der Waals surface area contributed by atoms with E-state index < -0.39 is 36.4 Å². The molecule has 0 aromatic heterocycles. The molecule has 1 aliphatic carbocycles. The monoisotopic (exact) mass is 492 g/mol. The number of benzene rings is 2. The van der Waals surface area contributed by atoms with E-state index >= 15 is 0 Å². The fourth-order valence-electron chi connectivity index (χ4n) is 4.57. The van der Waals surface area contributed by atoms with Crippen LogP contribution in [0.5, 0.6) is 28.7 Å². The van der Waals surface area contributed by atoms with E-state index in [-0.39, 0.29) is 6.79 Å². The number of fused-ring (bicyclic) bond motifs is 2. The Morgan fingerprint density at radius 3 is 2.03 bits per heavy atom. The van der Waals surface area contributed by atoms with Gasteiger partial charge in [-0.3, -0.25) is 16.1 Å². The maximum absolute atomic E-state index is 12.4. The molecule has 2 aromatic carbocycles. The number of aliphatic hydroxyl groups is 2. The molecule has 0 saturated heterocycles. The number of carboxylic acids is 1. The van der Waals surface area contributed by atoms with Gasteiger partial charge in [0.25, 0.3) is 0 Å². The summed E-state index contributed by atoms with van der Waals surface area (Å²) >= 11 is 0. The van der Waals surface area contributed by atoms with E-state index in [0.29, 0.717) is 45.4 Å². The number of methoxy groups -OCH3 is 3. The lowest BCUT2D eigenvalue weighted by atomic mass is 9.65. The normalized spacial score (nSPS) is 21.9. The third-order valence-corrected chi connectivity index (χ3v) is 6.20. The lowest BCUT2D eigenvalue weighted by Gasteiger charge is -2.40. The molecule has 4 rings (SSSR count). The van der Waals surface area contributed by atoms with Crippen LogP contribution in [0.3, 0.4) is 0 Å². The average molecular weight is 493 g/mol. The summed E-state index contributed by atoms with van der Waals surface area (Å²) in [5.74, 6) is 2.91. The summed E-state index contributed by atoms with van der Waals surface area (Å²) in [5, 5.41) is 31.0. The van der Waals surface area contributed by atoms with Gasteiger partial charge in [0.15, 0.2) is 23.0 Å². The minimum absolute atomic E-state index is 0.0367. The van der Waals surface area contributed by atoms with Crippen LogP contribution in [-0.2, 0) is 4.79 Å². The number of ether oxygens (including phenoxy) is 5. The molecule has 0 unspecified atom stereocenters. The quantitative estimate of drug-likeness (QED) is 0.280. The third kappa shape index (κ3) is 4.94. The highest BCUT2D eigenvalue weighted by molar-refractivity contribution is 5.75. The number of carboxylic acid groups (broad SMARTS) is 1. The summed E-state index contributed by atoms with van der Waals surface area (Å²) in [5.41, 5.74) is 4.06. The van der Waals surface area contributed by atoms with Crippen LogP contribution in [0, 0.1) is 11.8 Å². The van der Waals surface area contributed by atoms with E-state index in [2.05, 4.69) is 5.43 Å². The second kappa shape index (κ2) is 11.5.